The molecular weight excluding hydrogens is 921 g/mol. The molecule has 10 heterocycles. The van der Waals surface area contributed by atoms with E-state index in [0.717, 1.165) is 46.6 Å². The molecule has 2 aliphatic heterocycles. The van der Waals surface area contributed by atoms with Crippen LogP contribution >= 0.6 is 0 Å². The lowest BCUT2D eigenvalue weighted by atomic mass is 10.2. The number of fused-ring (bicyclic) bond motifs is 2. The lowest BCUT2D eigenvalue weighted by Gasteiger charge is -2.20. The van der Waals surface area contributed by atoms with Crippen LogP contribution in [0.2, 0.25) is 0 Å². The molecule has 71 heavy (non-hydrogen) atoms. The van der Waals surface area contributed by atoms with Crippen LogP contribution in [0, 0.1) is 0 Å². The van der Waals surface area contributed by atoms with Gasteiger partial charge in [-0.05, 0) is 65.5 Å². The van der Waals surface area contributed by atoms with Crippen molar-refractivity contribution in [2.45, 2.75) is 77.5 Å². The number of nitrogens with one attached hydrogen (secondary N) is 3. The fourth-order valence-corrected chi connectivity index (χ4v) is 7.97. The highest BCUT2D eigenvalue weighted by Gasteiger charge is 2.25. The van der Waals surface area contributed by atoms with Crippen molar-refractivity contribution in [3.05, 3.63) is 104 Å². The van der Waals surface area contributed by atoms with E-state index >= 15 is 0 Å². The zero-order valence-electron chi connectivity index (χ0n) is 39.5. The molecule has 368 valence electrons. The molecule has 6 N–H and O–H groups in total. The van der Waals surface area contributed by atoms with Gasteiger partial charge < -0.3 is 35.1 Å². The third kappa shape index (κ3) is 10.1. The second-order valence-corrected chi connectivity index (χ2v) is 16.9. The summed E-state index contributed by atoms with van der Waals surface area (Å²) in [4.78, 5) is 123. The Morgan fingerprint density at radius 3 is 1.56 bits per heavy atom. The van der Waals surface area contributed by atoms with E-state index in [4.69, 9.17) is 10.8 Å². The van der Waals surface area contributed by atoms with Crippen molar-refractivity contribution >= 4 is 57.7 Å². The Kier molecular flexibility index (Phi) is 13.8. The summed E-state index contributed by atoms with van der Waals surface area (Å²) in [5.41, 5.74) is 5.17. The summed E-state index contributed by atoms with van der Waals surface area (Å²) >= 11 is 0. The van der Waals surface area contributed by atoms with Crippen LogP contribution in [-0.2, 0) is 23.7 Å². The smallest absolute Gasteiger partial charge is 0.329 e. The van der Waals surface area contributed by atoms with Crippen LogP contribution in [0.3, 0.4) is 0 Å². The highest BCUT2D eigenvalue weighted by atomic mass is 16.4. The van der Waals surface area contributed by atoms with Gasteiger partial charge in [0.05, 0.1) is 23.8 Å². The van der Waals surface area contributed by atoms with Crippen molar-refractivity contribution in [2.75, 3.05) is 33.9 Å². The van der Waals surface area contributed by atoms with E-state index < -0.39 is 46.5 Å². The fourth-order valence-electron chi connectivity index (χ4n) is 7.97. The Morgan fingerprint density at radius 2 is 1.13 bits per heavy atom. The van der Waals surface area contributed by atoms with Crippen molar-refractivity contribution in [3.8, 4) is 22.8 Å². The SMILES string of the molecule is C[C@@H](C(=O)O)n1cnc2[nH]c(=O)n(C)c(=O)c21.C[C@@H]1CCCN1c1ncc(-c2nccc(N)n2)cn1.C[C@@H]1CCCN1c1ncc(-c2nccc(NC(=O)[C@H](C)n3cnc4[nH]c(=O)n(C)c(=O)c43)n2)cn1. The first-order chi connectivity index (χ1) is 34.0. The summed E-state index contributed by atoms with van der Waals surface area (Å²) in [5.74, 6) is 1.61. The standard InChI is InChI=1S/C22H24N10O3.C13H16N6.C9H10N4O4/c1-12-5-4-8-31(12)21-24-9-14(10-25-21)17-23-7-6-15(27-17)28-19(33)13(2)32-11-26-18-16(32)20(34)30(3)22(35)29-18;1-9-3-2-6-19(9)13-16-7-10(8-17-13)12-15-5-4-11(14)18-12;1-4(8(15)16)13-3-10-6-5(13)7(14)12(2)9(17)11-6/h6-7,9-13H,4-5,8H2,1-3H3,(H,29,35)(H,23,27,28,33);4-5,7-9H,2-3,6H2,1H3,(H2,14,15,18);3-4H,1-2H3,(H,11,17)(H,15,16)/t12-,13+;9-;4-/m110/s1. The first-order valence-electron chi connectivity index (χ1n) is 22.5. The van der Waals surface area contributed by atoms with Gasteiger partial charge in [0.2, 0.25) is 17.8 Å². The van der Waals surface area contributed by atoms with E-state index in [2.05, 4.69) is 88.8 Å². The molecular formula is C44H50N20O7. The Hall–Kier alpha value is -9.04. The number of carboxylic acids is 1. The van der Waals surface area contributed by atoms with Crippen molar-refractivity contribution in [1.82, 2.24) is 78.1 Å². The van der Waals surface area contributed by atoms with Gasteiger partial charge in [-0.2, -0.15) is 0 Å². The van der Waals surface area contributed by atoms with E-state index in [0.29, 0.717) is 41.1 Å². The maximum atomic E-state index is 13.0. The summed E-state index contributed by atoms with van der Waals surface area (Å²) < 4.78 is 4.43. The molecule has 2 aliphatic rings. The number of carboxylic acid groups (broad SMARTS) is 1. The zero-order chi connectivity index (χ0) is 50.7. The van der Waals surface area contributed by atoms with Crippen LogP contribution in [0.1, 0.15) is 65.5 Å². The van der Waals surface area contributed by atoms with Gasteiger partial charge >= 0.3 is 17.3 Å². The van der Waals surface area contributed by atoms with E-state index in [1.54, 1.807) is 50.0 Å². The van der Waals surface area contributed by atoms with Crippen LogP contribution in [0.25, 0.3) is 45.1 Å². The quantitative estimate of drug-likeness (QED) is 0.137. The summed E-state index contributed by atoms with van der Waals surface area (Å²) in [5, 5.41) is 11.6. The molecule has 2 fully saturated rings. The topological polar surface area (TPSA) is 347 Å². The number of hydrogen-bond acceptors (Lipinski definition) is 19. The van der Waals surface area contributed by atoms with E-state index in [1.807, 2.05) is 0 Å². The number of carbonyl (C=O) groups is 2. The molecule has 1 amide bonds. The van der Waals surface area contributed by atoms with Crippen LogP contribution in [-0.4, -0.2) is 120 Å². The Labute approximate surface area is 401 Å². The summed E-state index contributed by atoms with van der Waals surface area (Å²) in [6, 6.07) is 2.41. The van der Waals surface area contributed by atoms with Crippen molar-refractivity contribution in [3.63, 3.8) is 0 Å². The molecule has 0 spiro atoms. The van der Waals surface area contributed by atoms with Crippen LogP contribution < -0.4 is 43.3 Å². The molecule has 8 aromatic rings. The normalized spacial score (nSPS) is 16.3. The van der Waals surface area contributed by atoms with Crippen LogP contribution in [0.15, 0.2) is 81.1 Å². The molecule has 0 unspecified atom stereocenters. The van der Waals surface area contributed by atoms with Crippen LogP contribution in [0.5, 0.6) is 0 Å². The van der Waals surface area contributed by atoms with E-state index in [9.17, 15) is 28.8 Å². The number of aromatic amines is 2. The minimum atomic E-state index is -1.09. The van der Waals surface area contributed by atoms with Crippen LogP contribution in [0.4, 0.5) is 23.5 Å². The molecule has 0 saturated carbocycles. The highest BCUT2D eigenvalue weighted by Crippen LogP contribution is 2.25. The second-order valence-electron chi connectivity index (χ2n) is 16.9. The van der Waals surface area contributed by atoms with Gasteiger partial charge in [0.1, 0.15) is 23.7 Å². The number of nitrogens with zero attached hydrogens (tertiary/aromatic N) is 16. The average Bonchev–Trinajstić information content (AvgIpc) is 4.20. The number of aliphatic carboxylic acids is 1. The number of anilines is 4. The maximum Gasteiger partial charge on any atom is 0.329 e. The molecule has 27 heteroatoms. The number of H-pyrrole nitrogens is 2. The molecule has 2 saturated heterocycles. The van der Waals surface area contributed by atoms with E-state index in [-0.39, 0.29) is 28.1 Å². The number of amides is 1. The average molecular weight is 971 g/mol. The number of imidazole rings is 2. The monoisotopic (exact) mass is 970 g/mol. The first-order valence-corrected chi connectivity index (χ1v) is 22.5. The molecule has 8 aromatic heterocycles. The lowest BCUT2D eigenvalue weighted by molar-refractivity contribution is -0.140. The van der Waals surface area contributed by atoms with Crippen molar-refractivity contribution in [1.29, 1.82) is 0 Å². The lowest BCUT2D eigenvalue weighted by Crippen LogP contribution is -2.34. The third-order valence-corrected chi connectivity index (χ3v) is 12.2. The second kappa shape index (κ2) is 20.3. The van der Waals surface area contributed by atoms with Crippen molar-refractivity contribution < 1.29 is 14.7 Å². The van der Waals surface area contributed by atoms with Gasteiger partial charge in [-0.25, -0.2) is 64.2 Å². The van der Waals surface area contributed by atoms with Gasteiger partial charge in [0.15, 0.2) is 34.0 Å². The van der Waals surface area contributed by atoms with Gasteiger partial charge in [-0.15, -0.1) is 0 Å². The Morgan fingerprint density at radius 1 is 0.676 bits per heavy atom. The van der Waals surface area contributed by atoms with E-state index in [1.165, 1.54) is 61.8 Å². The van der Waals surface area contributed by atoms with Gasteiger partial charge in [-0.3, -0.25) is 33.5 Å². The predicted molar refractivity (Wildman–Crippen MR) is 259 cm³/mol. The molecule has 0 aromatic carbocycles. The number of carbonyl (C=O) groups excluding carboxylic acids is 1. The molecule has 0 bridgehead atoms. The van der Waals surface area contributed by atoms with Crippen molar-refractivity contribution in [2.24, 2.45) is 14.1 Å². The summed E-state index contributed by atoms with van der Waals surface area (Å²) in [7, 11) is 2.66. The molecule has 0 aliphatic carbocycles. The number of nitrogens with two attached hydrogens (primary N) is 1. The fraction of sp³-hybridized carbons (Fsp3) is 0.364. The van der Waals surface area contributed by atoms with Gasteiger partial charge in [-0.1, -0.05) is 0 Å². The number of hydrogen-bond donors (Lipinski definition) is 5. The molecule has 4 atom stereocenters. The van der Waals surface area contributed by atoms with Gasteiger partial charge in [0.25, 0.3) is 11.1 Å². The predicted octanol–water partition coefficient (Wildman–Crippen LogP) is 1.43. The minimum absolute atomic E-state index is 0.0713. The minimum Gasteiger partial charge on any atom is -0.480 e. The first kappa shape index (κ1) is 48.4. The summed E-state index contributed by atoms with van der Waals surface area (Å²) in [6.07, 6.45) is 17.2. The maximum absolute atomic E-state index is 13.0. The Bertz CT molecular complexity index is 3490. The third-order valence-electron chi connectivity index (χ3n) is 12.2. The van der Waals surface area contributed by atoms with Gasteiger partial charge in [0, 0.05) is 76.4 Å². The number of aromatic nitrogens is 16. The number of rotatable bonds is 9. The Balaban J connectivity index is 0.000000158. The number of nitrogen functional groups attached to an aromatic ring is 1. The highest BCUT2D eigenvalue weighted by molar-refractivity contribution is 5.93. The summed E-state index contributed by atoms with van der Waals surface area (Å²) in [6.45, 7) is 9.36. The zero-order valence-corrected chi connectivity index (χ0v) is 39.5. The molecule has 0 radical (unpaired) electrons. The molecule has 10 rings (SSSR count). The molecule has 27 nitrogen and oxygen atoms in total. The largest absolute Gasteiger partial charge is 0.480 e.